The average Bonchev–Trinajstić information content (AvgIpc) is 2.92. The van der Waals surface area contributed by atoms with E-state index in [-0.39, 0.29) is 0 Å². The van der Waals surface area contributed by atoms with Gasteiger partial charge in [-0.3, -0.25) is 0 Å². The van der Waals surface area contributed by atoms with Crippen molar-refractivity contribution in [3.8, 4) is 0 Å². The second-order valence-corrected chi connectivity index (χ2v) is 6.71. The molecule has 0 amide bonds. The molecule has 0 aromatic rings. The summed E-state index contributed by atoms with van der Waals surface area (Å²) >= 11 is 6.12. The Hall–Kier alpha value is -0.310. The Kier molecular flexibility index (Phi) is 3.18. The lowest BCUT2D eigenvalue weighted by Gasteiger charge is -2.27. The van der Waals surface area contributed by atoms with Crippen molar-refractivity contribution >= 4 is 11.6 Å². The number of ether oxygens (including phenoxy) is 5. The Morgan fingerprint density at radius 1 is 1.00 bits per heavy atom. The minimum Gasteiger partial charge on any atom is -0.348 e. The third-order valence-corrected chi connectivity index (χ3v) is 4.00. The highest BCUT2D eigenvalue weighted by atomic mass is 35.5. The third kappa shape index (κ3) is 2.26. The predicted molar refractivity (Wildman–Crippen MR) is 68.0 cm³/mol. The molecule has 3 rings (SSSR count). The molecule has 0 N–H and O–H groups in total. The fourth-order valence-electron chi connectivity index (χ4n) is 2.87. The summed E-state index contributed by atoms with van der Waals surface area (Å²) in [5.41, 5.74) is 0. The van der Waals surface area contributed by atoms with Gasteiger partial charge in [0, 0.05) is 0 Å². The minimum absolute atomic E-state index is 0.330. The minimum atomic E-state index is -1.79. The van der Waals surface area contributed by atoms with Crippen molar-refractivity contribution in [1.29, 1.82) is 0 Å². The molecular formula is C12H18ClNO6. The van der Waals surface area contributed by atoms with Gasteiger partial charge in [0.15, 0.2) is 17.7 Å². The van der Waals surface area contributed by atoms with Gasteiger partial charge in [-0.05, 0) is 32.9 Å². The zero-order valence-electron chi connectivity index (χ0n) is 11.8. The van der Waals surface area contributed by atoms with E-state index >= 15 is 0 Å². The predicted octanol–water partition coefficient (Wildman–Crippen LogP) is 1.72. The summed E-state index contributed by atoms with van der Waals surface area (Å²) in [5, 5.41) is 1.09. The fourth-order valence-corrected chi connectivity index (χ4v) is 3.14. The number of alkyl halides is 1. The first-order valence-electron chi connectivity index (χ1n) is 6.54. The molecule has 3 heterocycles. The molecule has 0 aromatic carbocycles. The smallest absolute Gasteiger partial charge is 0.306 e. The van der Waals surface area contributed by atoms with Gasteiger partial charge >= 0.3 is 5.18 Å². The average molecular weight is 308 g/mol. The van der Waals surface area contributed by atoms with Crippen LogP contribution >= 0.6 is 11.6 Å². The Morgan fingerprint density at radius 3 is 2.25 bits per heavy atom. The van der Waals surface area contributed by atoms with Crippen LogP contribution in [0, 0.1) is 4.91 Å². The van der Waals surface area contributed by atoms with Crippen molar-refractivity contribution in [1.82, 2.24) is 0 Å². The Bertz CT molecular complexity index is 430. The topological polar surface area (TPSA) is 75.6 Å². The van der Waals surface area contributed by atoms with Gasteiger partial charge in [-0.15, -0.1) is 4.91 Å². The van der Waals surface area contributed by atoms with Crippen LogP contribution in [-0.4, -0.2) is 47.8 Å². The lowest BCUT2D eigenvalue weighted by atomic mass is 10.1. The number of rotatable bonds is 2. The molecule has 3 aliphatic rings. The first kappa shape index (κ1) is 14.6. The van der Waals surface area contributed by atoms with Gasteiger partial charge in [0.25, 0.3) is 0 Å². The van der Waals surface area contributed by atoms with Crippen molar-refractivity contribution in [3.05, 3.63) is 4.91 Å². The fraction of sp³-hybridized carbons (Fsp3) is 1.00. The molecule has 0 aliphatic carbocycles. The molecule has 3 fully saturated rings. The summed E-state index contributed by atoms with van der Waals surface area (Å²) in [5.74, 6) is -1.55. The van der Waals surface area contributed by atoms with Crippen LogP contribution in [0.5, 0.6) is 0 Å². The summed E-state index contributed by atoms with van der Waals surface area (Å²) < 4.78 is 28.3. The van der Waals surface area contributed by atoms with E-state index in [9.17, 15) is 4.91 Å². The number of fused-ring (bicyclic) bond motifs is 1. The van der Waals surface area contributed by atoms with Gasteiger partial charge in [-0.25, -0.2) is 0 Å². The Morgan fingerprint density at radius 2 is 1.70 bits per heavy atom. The first-order valence-corrected chi connectivity index (χ1v) is 6.92. The van der Waals surface area contributed by atoms with Gasteiger partial charge in [-0.1, -0.05) is 11.6 Å². The maximum absolute atomic E-state index is 11.1. The molecular weight excluding hydrogens is 290 g/mol. The van der Waals surface area contributed by atoms with Crippen molar-refractivity contribution in [3.63, 3.8) is 0 Å². The molecule has 20 heavy (non-hydrogen) atoms. The van der Waals surface area contributed by atoms with Crippen LogP contribution in [0.25, 0.3) is 0 Å². The van der Waals surface area contributed by atoms with Crippen molar-refractivity contribution in [2.45, 2.75) is 68.9 Å². The first-order chi connectivity index (χ1) is 9.16. The number of hydrogen-bond acceptors (Lipinski definition) is 7. The van der Waals surface area contributed by atoms with E-state index in [2.05, 4.69) is 5.18 Å². The van der Waals surface area contributed by atoms with E-state index < -0.39 is 41.2 Å². The van der Waals surface area contributed by atoms with Crippen LogP contribution in [0.1, 0.15) is 27.7 Å². The normalized spacial score (nSPS) is 49.2. The lowest BCUT2D eigenvalue weighted by Crippen LogP contribution is -2.40. The van der Waals surface area contributed by atoms with Crippen LogP contribution in [0.3, 0.4) is 0 Å². The molecule has 7 nitrogen and oxygen atoms in total. The van der Waals surface area contributed by atoms with Crippen LogP contribution in [-0.2, 0) is 23.7 Å². The van der Waals surface area contributed by atoms with Crippen LogP contribution < -0.4 is 0 Å². The molecule has 0 saturated carbocycles. The van der Waals surface area contributed by atoms with E-state index in [1.54, 1.807) is 27.7 Å². The number of hydrogen-bond donors (Lipinski definition) is 0. The van der Waals surface area contributed by atoms with Gasteiger partial charge in [0.05, 0.1) is 6.61 Å². The maximum Gasteiger partial charge on any atom is 0.306 e. The molecule has 0 bridgehead atoms. The summed E-state index contributed by atoms with van der Waals surface area (Å²) in [4.78, 5) is 11.1. The lowest BCUT2D eigenvalue weighted by molar-refractivity contribution is -0.211. The molecule has 3 aliphatic heterocycles. The number of halogens is 1. The van der Waals surface area contributed by atoms with Crippen molar-refractivity contribution in [2.24, 2.45) is 5.18 Å². The van der Waals surface area contributed by atoms with E-state index in [1.807, 2.05) is 0 Å². The molecule has 0 spiro atoms. The highest BCUT2D eigenvalue weighted by Gasteiger charge is 2.66. The highest BCUT2D eigenvalue weighted by molar-refractivity contribution is 6.23. The summed E-state index contributed by atoms with van der Waals surface area (Å²) in [6.45, 7) is 7.44. The van der Waals surface area contributed by atoms with E-state index in [0.717, 1.165) is 0 Å². The zero-order valence-corrected chi connectivity index (χ0v) is 12.5. The quantitative estimate of drug-likeness (QED) is 0.439. The monoisotopic (exact) mass is 307 g/mol. The molecule has 1 unspecified atom stereocenters. The standard InChI is InChI=1S/C12H18ClNO6/c1-10(2)16-5-6(17-10)7-8-9(12(13,14-15)19-7)20-11(3,4)18-8/h6-9H,5H2,1-4H3/t6-,7?,8-,9-,12-/m0/s1. The summed E-state index contributed by atoms with van der Waals surface area (Å²) in [6, 6.07) is 0. The van der Waals surface area contributed by atoms with E-state index in [0.29, 0.717) is 6.61 Å². The second-order valence-electron chi connectivity index (χ2n) is 6.17. The largest absolute Gasteiger partial charge is 0.348 e. The van der Waals surface area contributed by atoms with Gasteiger partial charge in [0.1, 0.15) is 18.3 Å². The second kappa shape index (κ2) is 4.34. The van der Waals surface area contributed by atoms with Crippen molar-refractivity contribution < 1.29 is 23.7 Å². The van der Waals surface area contributed by atoms with Crippen LogP contribution in [0.2, 0.25) is 0 Å². The van der Waals surface area contributed by atoms with Crippen molar-refractivity contribution in [2.75, 3.05) is 6.61 Å². The number of nitroso groups, excluding NO2 is 1. The zero-order chi connectivity index (χ0) is 14.8. The third-order valence-electron chi connectivity index (χ3n) is 3.63. The molecule has 5 atom stereocenters. The maximum atomic E-state index is 11.1. The Labute approximate surface area is 121 Å². The van der Waals surface area contributed by atoms with Gasteiger partial charge in [-0.2, -0.15) is 0 Å². The molecule has 0 radical (unpaired) electrons. The Balaban J connectivity index is 1.84. The van der Waals surface area contributed by atoms with Crippen LogP contribution in [0.4, 0.5) is 0 Å². The van der Waals surface area contributed by atoms with E-state index in [1.165, 1.54) is 0 Å². The summed E-state index contributed by atoms with van der Waals surface area (Å²) in [7, 11) is 0. The SMILES string of the molecule is CC1(C)OC[C@@H](C2O[C@@](Cl)(N=O)[C@H]3OC(C)(C)O[C@@H]23)O1. The molecule has 3 saturated heterocycles. The van der Waals surface area contributed by atoms with Crippen LogP contribution in [0.15, 0.2) is 5.18 Å². The van der Waals surface area contributed by atoms with E-state index in [4.69, 9.17) is 35.3 Å². The van der Waals surface area contributed by atoms with Gasteiger partial charge < -0.3 is 23.7 Å². The molecule has 8 heteroatoms. The number of nitrogens with zero attached hydrogens (tertiary/aromatic N) is 1. The molecule has 0 aromatic heterocycles. The highest BCUT2D eigenvalue weighted by Crippen LogP contribution is 2.48. The molecule has 114 valence electrons. The van der Waals surface area contributed by atoms with Gasteiger partial charge in [0.2, 0.25) is 0 Å². The summed E-state index contributed by atoms with van der Waals surface area (Å²) in [6.07, 6.45) is -2.26.